The van der Waals surface area contributed by atoms with Gasteiger partial charge in [-0.05, 0) is 57.2 Å². The number of anilines is 2. The number of halogens is 1. The summed E-state index contributed by atoms with van der Waals surface area (Å²) in [6.07, 6.45) is 1.43. The molecule has 1 N–H and O–H groups in total. The van der Waals surface area contributed by atoms with E-state index in [1.165, 1.54) is 5.69 Å². The number of carbonyl (C=O) groups is 1. The molecule has 186 valence electrons. The molecule has 0 unspecified atom stereocenters. The average Bonchev–Trinajstić information content (AvgIpc) is 3.23. The lowest BCUT2D eigenvalue weighted by Gasteiger charge is -2.60. The number of hydrogen-bond donors (Lipinski definition) is 1. The number of nitrogens with one attached hydrogen (secondary N) is 1. The largest absolute Gasteiger partial charge is 0.444 e. The molecule has 2 fully saturated rings. The first-order chi connectivity index (χ1) is 17.2. The van der Waals surface area contributed by atoms with E-state index in [0.717, 1.165) is 48.5 Å². The second-order valence-electron chi connectivity index (χ2n) is 10.8. The smallest absolute Gasteiger partial charge is 0.410 e. The van der Waals surface area contributed by atoms with E-state index in [4.69, 9.17) is 21.3 Å². The zero-order valence-electron chi connectivity index (χ0n) is 20.5. The van der Waals surface area contributed by atoms with Gasteiger partial charge in [-0.25, -0.2) is 9.78 Å². The zero-order valence-corrected chi connectivity index (χ0v) is 21.3. The summed E-state index contributed by atoms with van der Waals surface area (Å²) in [4.78, 5) is 21.1. The fourth-order valence-corrected chi connectivity index (χ4v) is 5.27. The highest BCUT2D eigenvalue weighted by molar-refractivity contribution is 6.31. The Balaban J connectivity index is 1.11. The lowest BCUT2D eigenvalue weighted by Crippen LogP contribution is -2.73. The Morgan fingerprint density at radius 1 is 1.14 bits per heavy atom. The summed E-state index contributed by atoms with van der Waals surface area (Å²) >= 11 is 6.24. The van der Waals surface area contributed by atoms with Crippen LogP contribution in [0.2, 0.25) is 5.02 Å². The van der Waals surface area contributed by atoms with Crippen molar-refractivity contribution >= 4 is 45.7 Å². The van der Waals surface area contributed by atoms with E-state index < -0.39 is 5.60 Å². The van der Waals surface area contributed by atoms with E-state index in [1.54, 1.807) is 11.2 Å². The maximum Gasteiger partial charge on any atom is 0.410 e. The van der Waals surface area contributed by atoms with Gasteiger partial charge < -0.3 is 19.9 Å². The van der Waals surface area contributed by atoms with Crippen LogP contribution in [-0.2, 0) is 11.3 Å². The molecule has 4 heterocycles. The van der Waals surface area contributed by atoms with Crippen LogP contribution < -0.4 is 10.2 Å². The molecular formula is C26H28ClN7O2. The minimum absolute atomic E-state index is 0.179. The van der Waals surface area contributed by atoms with Crippen molar-refractivity contribution in [2.45, 2.75) is 32.9 Å². The van der Waals surface area contributed by atoms with E-state index in [0.29, 0.717) is 17.3 Å². The molecule has 2 aromatic heterocycles. The zero-order chi connectivity index (χ0) is 25.1. The monoisotopic (exact) mass is 505 g/mol. The number of benzene rings is 2. The molecular weight excluding hydrogens is 478 g/mol. The predicted molar refractivity (Wildman–Crippen MR) is 140 cm³/mol. The lowest BCUT2D eigenvalue weighted by atomic mass is 9.73. The van der Waals surface area contributed by atoms with E-state index >= 15 is 0 Å². The molecule has 2 aromatic carbocycles. The molecule has 0 bridgehead atoms. The first kappa shape index (κ1) is 22.8. The van der Waals surface area contributed by atoms with Crippen LogP contribution in [0.25, 0.3) is 16.7 Å². The van der Waals surface area contributed by atoms with E-state index in [-0.39, 0.29) is 11.5 Å². The van der Waals surface area contributed by atoms with Gasteiger partial charge in [-0.3, -0.25) is 4.40 Å². The first-order valence-electron chi connectivity index (χ1n) is 12.0. The van der Waals surface area contributed by atoms with Crippen LogP contribution in [0, 0.1) is 5.41 Å². The summed E-state index contributed by atoms with van der Waals surface area (Å²) in [6.45, 7) is 9.61. The summed E-state index contributed by atoms with van der Waals surface area (Å²) in [7, 11) is 0. The Kier molecular flexibility index (Phi) is 5.22. The van der Waals surface area contributed by atoms with Crippen molar-refractivity contribution in [1.29, 1.82) is 0 Å². The van der Waals surface area contributed by atoms with Crippen molar-refractivity contribution in [3.8, 4) is 0 Å². The van der Waals surface area contributed by atoms with Crippen LogP contribution in [0.15, 0.2) is 48.8 Å². The van der Waals surface area contributed by atoms with Gasteiger partial charge in [-0.2, -0.15) is 0 Å². The van der Waals surface area contributed by atoms with Crippen LogP contribution in [0.1, 0.15) is 26.5 Å². The van der Waals surface area contributed by atoms with Crippen molar-refractivity contribution in [2.75, 3.05) is 36.4 Å². The van der Waals surface area contributed by atoms with Gasteiger partial charge in [0.2, 0.25) is 0 Å². The second kappa shape index (κ2) is 8.23. The number of carbonyl (C=O) groups excluding carboxylic acids is 1. The molecule has 9 nitrogen and oxygen atoms in total. The summed E-state index contributed by atoms with van der Waals surface area (Å²) in [5.41, 5.74) is 3.70. The maximum atomic E-state index is 12.3. The number of ether oxygens (including phenoxy) is 1. The molecule has 4 aromatic rings. The topological polar surface area (TPSA) is 87.9 Å². The maximum absolute atomic E-state index is 12.3. The van der Waals surface area contributed by atoms with Gasteiger partial charge in [-0.15, -0.1) is 10.2 Å². The third-order valence-corrected chi connectivity index (χ3v) is 6.96. The third kappa shape index (κ3) is 4.17. The van der Waals surface area contributed by atoms with Gasteiger partial charge in [0.1, 0.15) is 11.9 Å². The van der Waals surface area contributed by atoms with Crippen molar-refractivity contribution in [3.63, 3.8) is 0 Å². The second-order valence-corrected chi connectivity index (χ2v) is 11.3. The Morgan fingerprint density at radius 3 is 2.72 bits per heavy atom. The number of likely N-dealkylation sites (tertiary alicyclic amines) is 1. The highest BCUT2D eigenvalue weighted by atomic mass is 35.5. The fraction of sp³-hybridized carbons (Fsp3) is 0.385. The molecule has 2 aliphatic heterocycles. The van der Waals surface area contributed by atoms with E-state index in [2.05, 4.69) is 44.7 Å². The normalized spacial score (nSPS) is 16.8. The van der Waals surface area contributed by atoms with Gasteiger partial charge in [0, 0.05) is 53.4 Å². The molecule has 0 atom stereocenters. The molecule has 0 saturated carbocycles. The Labute approximate surface area is 214 Å². The standard InChI is InChI=1S/C26H28ClN7O2/c1-25(2,3)36-24(35)33-14-26(15-33)12-32(13-26)19-6-4-5-18(10-19)28-11-21-20-8-7-17(27)9-22(20)34-16-29-31-23(34)30-21/h4-10,16,28H,11-15H2,1-3H3. The van der Waals surface area contributed by atoms with Crippen molar-refractivity contribution in [3.05, 3.63) is 59.5 Å². The van der Waals surface area contributed by atoms with Crippen LogP contribution >= 0.6 is 11.6 Å². The van der Waals surface area contributed by atoms with Gasteiger partial charge >= 0.3 is 6.09 Å². The highest BCUT2D eigenvalue weighted by Crippen LogP contribution is 2.42. The van der Waals surface area contributed by atoms with Crippen LogP contribution in [-0.4, -0.2) is 62.4 Å². The van der Waals surface area contributed by atoms with Crippen LogP contribution in [0.5, 0.6) is 0 Å². The number of hydrogen-bond acceptors (Lipinski definition) is 7. The van der Waals surface area contributed by atoms with Crippen molar-refractivity contribution in [1.82, 2.24) is 24.5 Å². The predicted octanol–water partition coefficient (Wildman–Crippen LogP) is 4.60. The average molecular weight is 506 g/mol. The Hall–Kier alpha value is -3.59. The fourth-order valence-electron chi connectivity index (χ4n) is 5.10. The van der Waals surface area contributed by atoms with Gasteiger partial charge in [0.15, 0.2) is 0 Å². The Bertz CT molecular complexity index is 1460. The molecule has 36 heavy (non-hydrogen) atoms. The van der Waals surface area contributed by atoms with Crippen LogP contribution in [0.4, 0.5) is 16.2 Å². The first-order valence-corrected chi connectivity index (χ1v) is 12.4. The Morgan fingerprint density at radius 2 is 1.94 bits per heavy atom. The number of fused-ring (bicyclic) bond motifs is 3. The number of amides is 1. The lowest BCUT2D eigenvalue weighted by molar-refractivity contribution is -0.0452. The number of nitrogens with zero attached hydrogens (tertiary/aromatic N) is 6. The summed E-state index contributed by atoms with van der Waals surface area (Å²) in [5, 5.41) is 13.3. The van der Waals surface area contributed by atoms with Gasteiger partial charge in [0.25, 0.3) is 5.78 Å². The summed E-state index contributed by atoms with van der Waals surface area (Å²) in [6, 6.07) is 14.2. The molecule has 0 aliphatic carbocycles. The third-order valence-electron chi connectivity index (χ3n) is 6.72. The van der Waals surface area contributed by atoms with E-state index in [9.17, 15) is 4.79 Å². The SMILES string of the molecule is CC(C)(C)OC(=O)N1CC2(C1)CN(c1cccc(NCc3nc4nncn4c4cc(Cl)ccc34)c1)C2. The highest BCUT2D eigenvalue weighted by Gasteiger charge is 2.54. The van der Waals surface area contributed by atoms with E-state index in [1.807, 2.05) is 43.4 Å². The molecule has 2 aliphatic rings. The summed E-state index contributed by atoms with van der Waals surface area (Å²) in [5.74, 6) is 0.544. The van der Waals surface area contributed by atoms with Crippen molar-refractivity contribution < 1.29 is 9.53 Å². The molecule has 1 spiro atoms. The van der Waals surface area contributed by atoms with Crippen LogP contribution in [0.3, 0.4) is 0 Å². The summed E-state index contributed by atoms with van der Waals surface area (Å²) < 4.78 is 7.33. The molecule has 2 saturated heterocycles. The number of rotatable bonds is 4. The minimum atomic E-state index is -0.463. The van der Waals surface area contributed by atoms with Gasteiger partial charge in [-0.1, -0.05) is 17.7 Å². The molecule has 6 rings (SSSR count). The number of aromatic nitrogens is 4. The van der Waals surface area contributed by atoms with Gasteiger partial charge in [0.05, 0.1) is 17.8 Å². The molecule has 10 heteroatoms. The quantitative estimate of drug-likeness (QED) is 0.433. The minimum Gasteiger partial charge on any atom is -0.444 e. The molecule has 0 radical (unpaired) electrons. The van der Waals surface area contributed by atoms with Crippen molar-refractivity contribution in [2.24, 2.45) is 5.41 Å². The molecule has 1 amide bonds.